The summed E-state index contributed by atoms with van der Waals surface area (Å²) in [6.45, 7) is 2.18. The number of nitrogens with one attached hydrogen (secondary N) is 2. The molecule has 0 aliphatic heterocycles. The number of H-pyrrole nitrogens is 1. The third kappa shape index (κ3) is 4.84. The maximum atomic E-state index is 11.7. The lowest BCUT2D eigenvalue weighted by Crippen LogP contribution is -2.25. The van der Waals surface area contributed by atoms with Crippen LogP contribution in [0.4, 0.5) is 0 Å². The summed E-state index contributed by atoms with van der Waals surface area (Å²) in [6.07, 6.45) is 3.79. The Balaban J connectivity index is 2.31. The van der Waals surface area contributed by atoms with Gasteiger partial charge < -0.3 is 5.11 Å². The first kappa shape index (κ1) is 14.7. The maximum Gasteiger partial charge on any atom is 0.303 e. The average molecular weight is 275 g/mol. The minimum Gasteiger partial charge on any atom is -0.481 e. The lowest BCUT2D eigenvalue weighted by Gasteiger charge is -2.10. The SMILES string of the molecule is CC(CCNS(=O)(=O)c1cn[nH]c1)CCC(=O)O. The molecule has 0 aliphatic rings. The van der Waals surface area contributed by atoms with Crippen molar-refractivity contribution < 1.29 is 18.3 Å². The van der Waals surface area contributed by atoms with Gasteiger partial charge in [-0.3, -0.25) is 9.89 Å². The summed E-state index contributed by atoms with van der Waals surface area (Å²) in [5.74, 6) is -0.672. The van der Waals surface area contributed by atoms with Crippen LogP contribution in [0.3, 0.4) is 0 Å². The molecule has 8 heteroatoms. The van der Waals surface area contributed by atoms with E-state index in [0.29, 0.717) is 12.8 Å². The van der Waals surface area contributed by atoms with Crippen molar-refractivity contribution in [1.82, 2.24) is 14.9 Å². The minimum absolute atomic E-state index is 0.0979. The molecule has 1 rings (SSSR count). The maximum absolute atomic E-state index is 11.7. The number of nitrogens with zero attached hydrogens (tertiary/aromatic N) is 1. The van der Waals surface area contributed by atoms with Gasteiger partial charge in [0.25, 0.3) is 0 Å². The second kappa shape index (κ2) is 6.50. The lowest BCUT2D eigenvalue weighted by molar-refractivity contribution is -0.137. The molecular weight excluding hydrogens is 258 g/mol. The molecule has 7 nitrogen and oxygen atoms in total. The van der Waals surface area contributed by atoms with Crippen LogP contribution in [-0.4, -0.2) is 36.2 Å². The Morgan fingerprint density at radius 1 is 1.56 bits per heavy atom. The summed E-state index contributed by atoms with van der Waals surface area (Å²) in [6, 6.07) is 0. The fourth-order valence-electron chi connectivity index (χ4n) is 1.42. The standard InChI is InChI=1S/C10H17N3O4S/c1-8(2-3-10(14)15)4-5-13-18(16,17)9-6-11-12-7-9/h6-8,13H,2-5H2,1H3,(H,11,12)(H,14,15). The lowest BCUT2D eigenvalue weighted by atomic mass is 10.0. The van der Waals surface area contributed by atoms with Crippen molar-refractivity contribution in [2.24, 2.45) is 5.92 Å². The van der Waals surface area contributed by atoms with Crippen molar-refractivity contribution in [1.29, 1.82) is 0 Å². The van der Waals surface area contributed by atoms with Crippen molar-refractivity contribution in [2.45, 2.75) is 31.1 Å². The number of carboxylic acid groups (broad SMARTS) is 1. The topological polar surface area (TPSA) is 112 Å². The molecule has 18 heavy (non-hydrogen) atoms. The molecular formula is C10H17N3O4S. The number of carboxylic acids is 1. The van der Waals surface area contributed by atoms with Crippen molar-refractivity contribution in [3.8, 4) is 0 Å². The minimum atomic E-state index is -3.50. The molecule has 0 aromatic carbocycles. The summed E-state index contributed by atoms with van der Waals surface area (Å²) in [7, 11) is -3.50. The number of hydrogen-bond donors (Lipinski definition) is 3. The fourth-order valence-corrected chi connectivity index (χ4v) is 2.38. The van der Waals surface area contributed by atoms with Crippen molar-refractivity contribution >= 4 is 16.0 Å². The average Bonchev–Trinajstić information content (AvgIpc) is 2.80. The van der Waals surface area contributed by atoms with Crippen molar-refractivity contribution in [2.75, 3.05) is 6.54 Å². The molecule has 0 amide bonds. The molecule has 0 bridgehead atoms. The van der Waals surface area contributed by atoms with Gasteiger partial charge in [0.1, 0.15) is 4.90 Å². The molecule has 102 valence electrons. The molecule has 0 saturated carbocycles. The Morgan fingerprint density at radius 3 is 2.83 bits per heavy atom. The number of carbonyl (C=O) groups is 1. The van der Waals surface area contributed by atoms with E-state index in [-0.39, 0.29) is 23.8 Å². The van der Waals surface area contributed by atoms with Gasteiger partial charge in [-0.2, -0.15) is 5.10 Å². The molecule has 0 aliphatic carbocycles. The van der Waals surface area contributed by atoms with E-state index in [9.17, 15) is 13.2 Å². The smallest absolute Gasteiger partial charge is 0.303 e. The van der Waals surface area contributed by atoms with Crippen molar-refractivity contribution in [3.05, 3.63) is 12.4 Å². The number of hydrogen-bond acceptors (Lipinski definition) is 4. The van der Waals surface area contributed by atoms with E-state index >= 15 is 0 Å². The quantitative estimate of drug-likeness (QED) is 0.642. The van der Waals surface area contributed by atoms with Crippen molar-refractivity contribution in [3.63, 3.8) is 0 Å². The zero-order valence-corrected chi connectivity index (χ0v) is 10.9. The third-order valence-corrected chi connectivity index (χ3v) is 3.99. The van der Waals surface area contributed by atoms with Gasteiger partial charge in [-0.1, -0.05) is 6.92 Å². The predicted molar refractivity (Wildman–Crippen MR) is 64.4 cm³/mol. The van der Waals surface area contributed by atoms with Gasteiger partial charge in [0.15, 0.2) is 0 Å². The van der Waals surface area contributed by atoms with Crippen LogP contribution >= 0.6 is 0 Å². The Kier molecular flexibility index (Phi) is 5.29. The summed E-state index contributed by atoms with van der Waals surface area (Å²) >= 11 is 0. The van der Waals surface area contributed by atoms with E-state index in [2.05, 4.69) is 14.9 Å². The zero-order chi connectivity index (χ0) is 13.6. The Bertz CT molecular complexity index is 469. The molecule has 0 saturated heterocycles. The number of rotatable bonds is 8. The van der Waals surface area contributed by atoms with E-state index in [1.54, 1.807) is 0 Å². The van der Waals surface area contributed by atoms with Gasteiger partial charge in [-0.25, -0.2) is 13.1 Å². The van der Waals surface area contributed by atoms with Crippen LogP contribution in [0.5, 0.6) is 0 Å². The van der Waals surface area contributed by atoms with Gasteiger partial charge in [-0.15, -0.1) is 0 Å². The van der Waals surface area contributed by atoms with Crippen LogP contribution in [0.15, 0.2) is 17.3 Å². The number of aromatic amines is 1. The van der Waals surface area contributed by atoms with Crippen LogP contribution < -0.4 is 4.72 Å². The molecule has 1 unspecified atom stereocenters. The second-order valence-electron chi connectivity index (χ2n) is 4.16. The molecule has 0 spiro atoms. The summed E-state index contributed by atoms with van der Waals surface area (Å²) in [5, 5.41) is 14.5. The summed E-state index contributed by atoms with van der Waals surface area (Å²) in [4.78, 5) is 10.5. The molecule has 1 aromatic heterocycles. The first-order valence-corrected chi connectivity index (χ1v) is 7.10. The highest BCUT2D eigenvalue weighted by atomic mass is 32.2. The van der Waals surface area contributed by atoms with E-state index in [1.807, 2.05) is 6.92 Å². The fraction of sp³-hybridized carbons (Fsp3) is 0.600. The van der Waals surface area contributed by atoms with Crippen LogP contribution in [0.1, 0.15) is 26.2 Å². The summed E-state index contributed by atoms with van der Waals surface area (Å²) in [5.41, 5.74) is 0. The van der Waals surface area contributed by atoms with E-state index in [1.165, 1.54) is 12.4 Å². The first-order chi connectivity index (χ1) is 8.42. The third-order valence-electron chi connectivity index (χ3n) is 2.56. The van der Waals surface area contributed by atoms with Crippen LogP contribution in [0, 0.1) is 5.92 Å². The second-order valence-corrected chi connectivity index (χ2v) is 5.92. The zero-order valence-electron chi connectivity index (χ0n) is 10.1. The number of sulfonamides is 1. The van der Waals surface area contributed by atoms with Crippen LogP contribution in [0.2, 0.25) is 0 Å². The van der Waals surface area contributed by atoms with Gasteiger partial charge in [0.05, 0.1) is 6.20 Å². The molecule has 1 atom stereocenters. The monoisotopic (exact) mass is 275 g/mol. The largest absolute Gasteiger partial charge is 0.481 e. The van der Waals surface area contributed by atoms with Crippen LogP contribution in [-0.2, 0) is 14.8 Å². The highest BCUT2D eigenvalue weighted by molar-refractivity contribution is 7.89. The molecule has 3 N–H and O–H groups in total. The summed E-state index contributed by atoms with van der Waals surface area (Å²) < 4.78 is 25.8. The van der Waals surface area contributed by atoms with E-state index < -0.39 is 16.0 Å². The Labute approximate surface area is 106 Å². The van der Waals surface area contributed by atoms with Gasteiger partial charge >= 0.3 is 5.97 Å². The van der Waals surface area contributed by atoms with Crippen LogP contribution in [0.25, 0.3) is 0 Å². The molecule has 0 radical (unpaired) electrons. The highest BCUT2D eigenvalue weighted by Crippen LogP contribution is 2.10. The normalized spacial score (nSPS) is 13.4. The molecule has 1 aromatic rings. The van der Waals surface area contributed by atoms with E-state index in [0.717, 1.165) is 0 Å². The molecule has 1 heterocycles. The van der Waals surface area contributed by atoms with Gasteiger partial charge in [-0.05, 0) is 18.8 Å². The predicted octanol–water partition coefficient (Wildman–Crippen LogP) is 0.579. The Hall–Kier alpha value is -1.41. The Morgan fingerprint density at radius 2 is 2.28 bits per heavy atom. The highest BCUT2D eigenvalue weighted by Gasteiger charge is 2.15. The number of aromatic nitrogens is 2. The molecule has 0 fully saturated rings. The van der Waals surface area contributed by atoms with Gasteiger partial charge in [0, 0.05) is 19.2 Å². The first-order valence-electron chi connectivity index (χ1n) is 5.62. The van der Waals surface area contributed by atoms with E-state index in [4.69, 9.17) is 5.11 Å². The van der Waals surface area contributed by atoms with Gasteiger partial charge in [0.2, 0.25) is 10.0 Å². The number of aliphatic carboxylic acids is 1.